The van der Waals surface area contributed by atoms with Crippen molar-refractivity contribution in [1.82, 2.24) is 9.97 Å². The first kappa shape index (κ1) is 18.1. The number of amides is 1. The number of hydrogen-bond donors (Lipinski definition) is 1. The average Bonchev–Trinajstić information content (AvgIpc) is 2.62. The van der Waals surface area contributed by atoms with Crippen molar-refractivity contribution in [2.45, 2.75) is 19.8 Å². The van der Waals surface area contributed by atoms with Crippen molar-refractivity contribution in [3.63, 3.8) is 0 Å². The molecule has 2 aromatic rings. The Balaban J connectivity index is 1.75. The summed E-state index contributed by atoms with van der Waals surface area (Å²) in [5.41, 5.74) is -0.182. The van der Waals surface area contributed by atoms with Gasteiger partial charge in [0.1, 0.15) is 23.0 Å². The number of anilines is 2. The lowest BCUT2D eigenvalue weighted by Gasteiger charge is -2.31. The summed E-state index contributed by atoms with van der Waals surface area (Å²) in [7, 11) is 0. The highest BCUT2D eigenvalue weighted by atomic mass is 35.5. The van der Waals surface area contributed by atoms with E-state index in [1.807, 2.05) is 0 Å². The predicted octanol–water partition coefficient (Wildman–Crippen LogP) is 3.53. The van der Waals surface area contributed by atoms with Crippen LogP contribution < -0.4 is 10.2 Å². The van der Waals surface area contributed by atoms with Crippen LogP contribution in [-0.2, 0) is 0 Å². The number of nitro groups is 1. The first-order chi connectivity index (χ1) is 12.4. The molecule has 0 bridgehead atoms. The van der Waals surface area contributed by atoms with Crippen LogP contribution in [0.25, 0.3) is 0 Å². The number of nitro benzene ring substituents is 1. The third-order valence-corrected chi connectivity index (χ3v) is 4.73. The van der Waals surface area contributed by atoms with Crippen molar-refractivity contribution < 1.29 is 9.72 Å². The first-order valence-corrected chi connectivity index (χ1v) is 8.64. The molecule has 9 heteroatoms. The number of halogens is 1. The van der Waals surface area contributed by atoms with Gasteiger partial charge in [-0.3, -0.25) is 14.9 Å². The number of aromatic nitrogens is 2. The summed E-state index contributed by atoms with van der Waals surface area (Å²) in [6.45, 7) is 4.05. The van der Waals surface area contributed by atoms with Crippen LogP contribution in [-0.4, -0.2) is 33.9 Å². The van der Waals surface area contributed by atoms with Gasteiger partial charge in [-0.25, -0.2) is 9.97 Å². The van der Waals surface area contributed by atoms with Crippen LogP contribution in [0, 0.1) is 16.0 Å². The van der Waals surface area contributed by atoms with Crippen molar-refractivity contribution in [3.05, 3.63) is 51.3 Å². The summed E-state index contributed by atoms with van der Waals surface area (Å²) in [5.74, 6) is 1.30. The van der Waals surface area contributed by atoms with Crippen LogP contribution in [0.3, 0.4) is 0 Å². The molecule has 1 amide bonds. The minimum Gasteiger partial charge on any atom is -0.356 e. The Hall–Kier alpha value is -2.74. The third-order valence-electron chi connectivity index (χ3n) is 4.41. The maximum absolute atomic E-state index is 12.4. The average molecular weight is 376 g/mol. The molecule has 26 heavy (non-hydrogen) atoms. The van der Waals surface area contributed by atoms with Crippen LogP contribution in [0.1, 0.15) is 30.1 Å². The lowest BCUT2D eigenvalue weighted by Crippen LogP contribution is -2.33. The molecular formula is C17H18ClN5O3. The van der Waals surface area contributed by atoms with Crippen LogP contribution in [0.2, 0.25) is 5.02 Å². The fraction of sp³-hybridized carbons (Fsp3) is 0.353. The third kappa shape index (κ3) is 4.08. The van der Waals surface area contributed by atoms with E-state index >= 15 is 0 Å². The van der Waals surface area contributed by atoms with E-state index in [1.165, 1.54) is 18.5 Å². The number of piperidine rings is 1. The molecule has 1 fully saturated rings. The Kier molecular flexibility index (Phi) is 5.32. The smallest absolute Gasteiger partial charge is 0.288 e. The quantitative estimate of drug-likeness (QED) is 0.648. The molecule has 136 valence electrons. The van der Waals surface area contributed by atoms with E-state index in [1.54, 1.807) is 6.07 Å². The number of hydrogen-bond acceptors (Lipinski definition) is 6. The fourth-order valence-electron chi connectivity index (χ4n) is 2.81. The van der Waals surface area contributed by atoms with Crippen LogP contribution in [0.15, 0.2) is 30.6 Å². The van der Waals surface area contributed by atoms with E-state index in [0.717, 1.165) is 37.8 Å². The van der Waals surface area contributed by atoms with Crippen LogP contribution >= 0.6 is 11.6 Å². The zero-order valence-electron chi connectivity index (χ0n) is 14.2. The molecule has 0 spiro atoms. The number of benzene rings is 1. The summed E-state index contributed by atoms with van der Waals surface area (Å²) < 4.78 is 0. The number of carbonyl (C=O) groups is 1. The predicted molar refractivity (Wildman–Crippen MR) is 98.7 cm³/mol. The van der Waals surface area contributed by atoms with Gasteiger partial charge < -0.3 is 10.2 Å². The van der Waals surface area contributed by atoms with E-state index in [-0.39, 0.29) is 16.3 Å². The van der Waals surface area contributed by atoms with Gasteiger partial charge in [-0.05, 0) is 30.9 Å². The molecule has 1 aromatic heterocycles. The molecule has 3 rings (SSSR count). The highest BCUT2D eigenvalue weighted by Gasteiger charge is 2.19. The number of carbonyl (C=O) groups excluding carboxylic acids is 1. The summed E-state index contributed by atoms with van der Waals surface area (Å²) >= 11 is 5.77. The Morgan fingerprint density at radius 3 is 2.73 bits per heavy atom. The molecule has 1 N–H and O–H groups in total. The molecule has 2 heterocycles. The van der Waals surface area contributed by atoms with Crippen molar-refractivity contribution >= 4 is 34.8 Å². The second kappa shape index (κ2) is 7.65. The SMILES string of the molecule is CC1CCN(c2cc(NC(=O)c3ccc(Cl)c([N+](=O)[O-])c3)ncn2)CC1. The minimum atomic E-state index is -0.626. The van der Waals surface area contributed by atoms with Gasteiger partial charge in [-0.1, -0.05) is 18.5 Å². The van der Waals surface area contributed by atoms with Gasteiger partial charge in [0.2, 0.25) is 0 Å². The number of rotatable bonds is 4. The van der Waals surface area contributed by atoms with Gasteiger partial charge >= 0.3 is 0 Å². The molecular weight excluding hydrogens is 358 g/mol. The number of nitrogens with zero attached hydrogens (tertiary/aromatic N) is 4. The molecule has 0 atom stereocenters. The molecule has 0 saturated carbocycles. The van der Waals surface area contributed by atoms with Gasteiger partial charge in [-0.2, -0.15) is 0 Å². The maximum atomic E-state index is 12.4. The topological polar surface area (TPSA) is 101 Å². The standard InChI is InChI=1S/C17H18ClN5O3/c1-11-4-6-22(7-5-11)16-9-15(19-10-20-16)21-17(24)12-2-3-13(18)14(8-12)23(25)26/h2-3,8-11H,4-7H2,1H3,(H,19,20,21,24). The van der Waals surface area contributed by atoms with E-state index in [0.29, 0.717) is 11.7 Å². The molecule has 1 aliphatic rings. The Bertz CT molecular complexity index is 837. The Labute approximate surface area is 155 Å². The normalized spacial score (nSPS) is 14.9. The second-order valence-corrected chi connectivity index (χ2v) is 6.72. The summed E-state index contributed by atoms with van der Waals surface area (Å²) in [5, 5.41) is 13.6. The molecule has 1 aliphatic heterocycles. The van der Waals surface area contributed by atoms with Gasteiger partial charge in [0, 0.05) is 30.8 Å². The number of nitrogens with one attached hydrogen (secondary N) is 1. The van der Waals surface area contributed by atoms with Crippen LogP contribution in [0.4, 0.5) is 17.3 Å². The van der Waals surface area contributed by atoms with E-state index in [9.17, 15) is 14.9 Å². The monoisotopic (exact) mass is 375 g/mol. The molecule has 1 aromatic carbocycles. The van der Waals surface area contributed by atoms with Gasteiger partial charge in [0.15, 0.2) is 0 Å². The van der Waals surface area contributed by atoms with Gasteiger partial charge in [0.25, 0.3) is 11.6 Å². The Morgan fingerprint density at radius 1 is 1.31 bits per heavy atom. The second-order valence-electron chi connectivity index (χ2n) is 6.31. The zero-order chi connectivity index (χ0) is 18.7. The largest absolute Gasteiger partial charge is 0.356 e. The fourth-order valence-corrected chi connectivity index (χ4v) is 2.99. The summed E-state index contributed by atoms with van der Waals surface area (Å²) in [6.07, 6.45) is 3.59. The van der Waals surface area contributed by atoms with Crippen molar-refractivity contribution in [2.75, 3.05) is 23.3 Å². The van der Waals surface area contributed by atoms with Crippen molar-refractivity contribution in [2.24, 2.45) is 5.92 Å². The molecule has 0 unspecified atom stereocenters. The molecule has 1 saturated heterocycles. The molecule has 8 nitrogen and oxygen atoms in total. The summed E-state index contributed by atoms with van der Waals surface area (Å²) in [4.78, 5) is 33.2. The lowest BCUT2D eigenvalue weighted by molar-refractivity contribution is -0.384. The molecule has 0 aliphatic carbocycles. The Morgan fingerprint density at radius 2 is 2.04 bits per heavy atom. The lowest BCUT2D eigenvalue weighted by atomic mass is 9.99. The summed E-state index contributed by atoms with van der Waals surface area (Å²) in [6, 6.07) is 5.61. The van der Waals surface area contributed by atoms with Gasteiger partial charge in [0.05, 0.1) is 4.92 Å². The zero-order valence-corrected chi connectivity index (χ0v) is 14.9. The highest BCUT2D eigenvalue weighted by molar-refractivity contribution is 6.32. The maximum Gasteiger partial charge on any atom is 0.288 e. The highest BCUT2D eigenvalue weighted by Crippen LogP contribution is 2.26. The van der Waals surface area contributed by atoms with Crippen molar-refractivity contribution in [3.8, 4) is 0 Å². The minimum absolute atomic E-state index is 0.0183. The van der Waals surface area contributed by atoms with Crippen molar-refractivity contribution in [1.29, 1.82) is 0 Å². The first-order valence-electron chi connectivity index (χ1n) is 8.26. The van der Waals surface area contributed by atoms with E-state index in [4.69, 9.17) is 11.6 Å². The van der Waals surface area contributed by atoms with E-state index < -0.39 is 10.8 Å². The van der Waals surface area contributed by atoms with Crippen LogP contribution in [0.5, 0.6) is 0 Å². The molecule has 0 radical (unpaired) electrons. The van der Waals surface area contributed by atoms with Gasteiger partial charge in [-0.15, -0.1) is 0 Å². The van der Waals surface area contributed by atoms with E-state index in [2.05, 4.69) is 27.1 Å².